The average molecular weight is 425 g/mol. The average Bonchev–Trinajstić information content (AvgIpc) is 3.05. The number of anilines is 1. The lowest BCUT2D eigenvalue weighted by Gasteiger charge is -2.26. The zero-order chi connectivity index (χ0) is 21.1. The number of rotatable bonds is 5. The second kappa shape index (κ2) is 9.10. The molecule has 1 aromatic heterocycles. The van der Waals surface area contributed by atoms with E-state index in [1.165, 1.54) is 22.9 Å². The summed E-state index contributed by atoms with van der Waals surface area (Å²) < 4.78 is 6.15. The lowest BCUT2D eigenvalue weighted by molar-refractivity contribution is -0.114. The van der Waals surface area contributed by atoms with Crippen LogP contribution in [0.15, 0.2) is 41.2 Å². The summed E-state index contributed by atoms with van der Waals surface area (Å²) in [5.41, 5.74) is 3.79. The number of carbonyl (C=O) groups excluding carboxylic acids is 1. The Labute approximate surface area is 181 Å². The van der Waals surface area contributed by atoms with Crippen LogP contribution in [0, 0.1) is 0 Å². The van der Waals surface area contributed by atoms with Crippen molar-refractivity contribution >= 4 is 28.1 Å². The van der Waals surface area contributed by atoms with Gasteiger partial charge < -0.3 is 10.1 Å². The largest absolute Gasteiger partial charge is 0.462 e. The fourth-order valence-corrected chi connectivity index (χ4v) is 4.86. The van der Waals surface area contributed by atoms with Gasteiger partial charge in [0, 0.05) is 55.8 Å². The number of hydrogen-bond acceptors (Lipinski definition) is 6. The monoisotopic (exact) mass is 424 g/mol. The molecule has 6 nitrogen and oxygen atoms in total. The smallest absolute Gasteiger partial charge is 0.223 e. The SMILES string of the molecule is CC(=O)Nc1ncc(CN2CCc3ccc(OC4=CC(C)=NCC4)cc3C[C@@H]2C)s1. The molecule has 0 aliphatic carbocycles. The van der Waals surface area contributed by atoms with E-state index in [-0.39, 0.29) is 5.91 Å². The number of hydrogen-bond donors (Lipinski definition) is 1. The summed E-state index contributed by atoms with van der Waals surface area (Å²) in [6.07, 6.45) is 6.77. The number of fused-ring (bicyclic) bond motifs is 1. The summed E-state index contributed by atoms with van der Waals surface area (Å²) in [6, 6.07) is 6.92. The van der Waals surface area contributed by atoms with Gasteiger partial charge in [-0.2, -0.15) is 0 Å². The second-order valence-electron chi connectivity index (χ2n) is 8.00. The standard InChI is InChI=1S/C23H28N4O2S/c1-15-10-21(6-8-24-15)29-20-5-4-18-7-9-27(16(2)11-19(18)12-20)14-22-13-25-23(30-22)26-17(3)28/h4-5,10,12-13,16H,6-9,11,14H2,1-3H3,(H,25,26,28)/t16-/m0/s1. The molecule has 7 heteroatoms. The van der Waals surface area contributed by atoms with Gasteiger partial charge in [-0.25, -0.2) is 4.98 Å². The van der Waals surface area contributed by atoms with Gasteiger partial charge in [-0.05, 0) is 56.0 Å². The normalized spacial score (nSPS) is 19.4. The number of allylic oxidation sites excluding steroid dienone is 1. The summed E-state index contributed by atoms with van der Waals surface area (Å²) >= 11 is 1.55. The van der Waals surface area contributed by atoms with Gasteiger partial charge in [-0.15, -0.1) is 11.3 Å². The fourth-order valence-electron chi connectivity index (χ4n) is 3.98. The molecule has 0 spiro atoms. The minimum Gasteiger partial charge on any atom is -0.462 e. The van der Waals surface area contributed by atoms with E-state index in [1.54, 1.807) is 11.3 Å². The van der Waals surface area contributed by atoms with Crippen LogP contribution >= 0.6 is 11.3 Å². The van der Waals surface area contributed by atoms with Crippen LogP contribution in [-0.2, 0) is 24.2 Å². The molecule has 3 heterocycles. The maximum Gasteiger partial charge on any atom is 0.223 e. The van der Waals surface area contributed by atoms with Crippen molar-refractivity contribution in [2.75, 3.05) is 18.4 Å². The van der Waals surface area contributed by atoms with Crippen molar-refractivity contribution in [1.82, 2.24) is 9.88 Å². The molecule has 0 bridgehead atoms. The summed E-state index contributed by atoms with van der Waals surface area (Å²) in [5.74, 6) is 1.82. The van der Waals surface area contributed by atoms with E-state index in [2.05, 4.69) is 45.3 Å². The molecule has 0 radical (unpaired) electrons. The molecule has 4 rings (SSSR count). The number of benzene rings is 1. The van der Waals surface area contributed by atoms with Gasteiger partial charge in [-0.3, -0.25) is 14.7 Å². The van der Waals surface area contributed by atoms with E-state index in [4.69, 9.17) is 4.74 Å². The molecular formula is C23H28N4O2S. The highest BCUT2D eigenvalue weighted by Gasteiger charge is 2.22. The first kappa shape index (κ1) is 20.8. The molecule has 0 fully saturated rings. The van der Waals surface area contributed by atoms with Crippen LogP contribution in [0.4, 0.5) is 5.13 Å². The topological polar surface area (TPSA) is 66.8 Å². The number of nitrogens with zero attached hydrogens (tertiary/aromatic N) is 3. The van der Waals surface area contributed by atoms with Gasteiger partial charge in [0.2, 0.25) is 5.91 Å². The number of nitrogens with one attached hydrogen (secondary N) is 1. The number of dihydropyridines is 1. The Balaban J connectivity index is 1.43. The number of amides is 1. The molecule has 158 valence electrons. The number of aliphatic imine (C=N–C) groups is 1. The van der Waals surface area contributed by atoms with Crippen molar-refractivity contribution in [1.29, 1.82) is 0 Å². The Morgan fingerprint density at radius 2 is 2.20 bits per heavy atom. The number of thiazole rings is 1. The number of aromatic nitrogens is 1. The molecule has 0 unspecified atom stereocenters. The van der Waals surface area contributed by atoms with Crippen molar-refractivity contribution in [2.24, 2.45) is 4.99 Å². The lowest BCUT2D eigenvalue weighted by atomic mass is 10.0. The molecule has 1 amide bonds. The predicted octanol–water partition coefficient (Wildman–Crippen LogP) is 4.22. The molecule has 1 aromatic carbocycles. The highest BCUT2D eigenvalue weighted by atomic mass is 32.1. The van der Waals surface area contributed by atoms with Crippen molar-refractivity contribution in [3.05, 3.63) is 52.2 Å². The third-order valence-corrected chi connectivity index (χ3v) is 6.42. The predicted molar refractivity (Wildman–Crippen MR) is 121 cm³/mol. The molecule has 30 heavy (non-hydrogen) atoms. The Morgan fingerprint density at radius 1 is 1.33 bits per heavy atom. The third-order valence-electron chi connectivity index (χ3n) is 5.52. The zero-order valence-electron chi connectivity index (χ0n) is 17.8. The Kier molecular flexibility index (Phi) is 6.29. The Hall–Kier alpha value is -2.51. The van der Waals surface area contributed by atoms with Crippen LogP contribution in [0.25, 0.3) is 0 Å². The van der Waals surface area contributed by atoms with Crippen LogP contribution in [0.5, 0.6) is 5.75 Å². The summed E-state index contributed by atoms with van der Waals surface area (Å²) in [6.45, 7) is 8.45. The van der Waals surface area contributed by atoms with E-state index in [9.17, 15) is 4.79 Å². The molecule has 2 aliphatic rings. The Bertz CT molecular complexity index is 995. The molecule has 1 N–H and O–H groups in total. The minimum absolute atomic E-state index is 0.0843. The van der Waals surface area contributed by atoms with Gasteiger partial charge in [0.1, 0.15) is 11.5 Å². The highest BCUT2D eigenvalue weighted by molar-refractivity contribution is 7.15. The van der Waals surface area contributed by atoms with Gasteiger partial charge in [0.25, 0.3) is 0 Å². The molecule has 0 saturated heterocycles. The molecule has 2 aromatic rings. The molecular weight excluding hydrogens is 396 g/mol. The first-order chi connectivity index (χ1) is 14.5. The summed E-state index contributed by atoms with van der Waals surface area (Å²) in [4.78, 5) is 23.6. The quantitative estimate of drug-likeness (QED) is 0.780. The molecule has 0 saturated carbocycles. The van der Waals surface area contributed by atoms with E-state index in [0.29, 0.717) is 11.2 Å². The van der Waals surface area contributed by atoms with Gasteiger partial charge >= 0.3 is 0 Å². The lowest BCUT2D eigenvalue weighted by Crippen LogP contribution is -2.33. The fraction of sp³-hybridized carbons (Fsp3) is 0.435. The Morgan fingerprint density at radius 3 is 3.00 bits per heavy atom. The van der Waals surface area contributed by atoms with Crippen LogP contribution in [0.1, 0.15) is 43.2 Å². The van der Waals surface area contributed by atoms with Crippen LogP contribution < -0.4 is 10.1 Å². The van der Waals surface area contributed by atoms with Crippen LogP contribution in [0.2, 0.25) is 0 Å². The maximum atomic E-state index is 11.2. The number of ether oxygens (including phenoxy) is 1. The van der Waals surface area contributed by atoms with Crippen molar-refractivity contribution in [2.45, 2.75) is 52.6 Å². The summed E-state index contributed by atoms with van der Waals surface area (Å²) in [7, 11) is 0. The second-order valence-corrected chi connectivity index (χ2v) is 9.12. The first-order valence-electron chi connectivity index (χ1n) is 10.4. The van der Waals surface area contributed by atoms with E-state index in [1.807, 2.05) is 19.2 Å². The first-order valence-corrected chi connectivity index (χ1v) is 11.3. The molecule has 1 atom stereocenters. The van der Waals surface area contributed by atoms with Gasteiger partial charge in [0.05, 0.1) is 0 Å². The highest BCUT2D eigenvalue weighted by Crippen LogP contribution is 2.28. The molecule has 2 aliphatic heterocycles. The van der Waals surface area contributed by atoms with Gasteiger partial charge in [-0.1, -0.05) is 6.07 Å². The maximum absolute atomic E-state index is 11.2. The third kappa shape index (κ3) is 5.15. The van der Waals surface area contributed by atoms with Crippen molar-refractivity contribution in [3.63, 3.8) is 0 Å². The van der Waals surface area contributed by atoms with E-state index < -0.39 is 0 Å². The van der Waals surface area contributed by atoms with Gasteiger partial charge in [0.15, 0.2) is 5.13 Å². The zero-order valence-corrected chi connectivity index (χ0v) is 18.6. The van der Waals surface area contributed by atoms with Crippen molar-refractivity contribution < 1.29 is 9.53 Å². The number of carbonyl (C=O) groups is 1. The minimum atomic E-state index is -0.0843. The summed E-state index contributed by atoms with van der Waals surface area (Å²) in [5, 5.41) is 3.44. The van der Waals surface area contributed by atoms with E-state index in [0.717, 1.165) is 56.1 Å². The van der Waals surface area contributed by atoms with Crippen molar-refractivity contribution in [3.8, 4) is 5.75 Å². The van der Waals surface area contributed by atoms with Crippen LogP contribution in [0.3, 0.4) is 0 Å². The van der Waals surface area contributed by atoms with Crippen LogP contribution in [-0.4, -0.2) is 40.6 Å². The van der Waals surface area contributed by atoms with E-state index >= 15 is 0 Å².